The summed E-state index contributed by atoms with van der Waals surface area (Å²) in [4.78, 5) is 14.1. The molecule has 0 saturated heterocycles. The molecule has 0 atom stereocenters. The van der Waals surface area contributed by atoms with Crippen molar-refractivity contribution in [3.8, 4) is 0 Å². The van der Waals surface area contributed by atoms with Crippen LogP contribution in [0.15, 0.2) is 24.3 Å². The van der Waals surface area contributed by atoms with Crippen molar-refractivity contribution < 1.29 is 4.79 Å². The summed E-state index contributed by atoms with van der Waals surface area (Å²) in [5.74, 6) is 6.08. The highest BCUT2D eigenvalue weighted by Gasteiger charge is 2.19. The number of rotatable bonds is 4. The Morgan fingerprint density at radius 3 is 2.47 bits per heavy atom. The fourth-order valence-corrected chi connectivity index (χ4v) is 2.77. The van der Waals surface area contributed by atoms with E-state index in [1.165, 1.54) is 32.1 Å². The fraction of sp³-hybridized carbons (Fsp3) is 0.533. The smallest absolute Gasteiger partial charge is 0.253 e. The Labute approximate surface area is 114 Å². The summed E-state index contributed by atoms with van der Waals surface area (Å²) in [5.41, 5.74) is 4.09. The Hall–Kier alpha value is -1.55. The summed E-state index contributed by atoms with van der Waals surface area (Å²) in [6.45, 7) is 0.871. The lowest BCUT2D eigenvalue weighted by molar-refractivity contribution is 0.0760. The third-order valence-corrected chi connectivity index (χ3v) is 3.90. The minimum atomic E-state index is 0.0918. The lowest BCUT2D eigenvalue weighted by Gasteiger charge is -2.27. The van der Waals surface area contributed by atoms with Crippen molar-refractivity contribution in [3.63, 3.8) is 0 Å². The van der Waals surface area contributed by atoms with E-state index in [9.17, 15) is 4.79 Å². The van der Waals surface area contributed by atoms with Gasteiger partial charge in [-0.2, -0.15) is 0 Å². The van der Waals surface area contributed by atoms with Crippen molar-refractivity contribution in [2.45, 2.75) is 32.1 Å². The van der Waals surface area contributed by atoms with Crippen molar-refractivity contribution >= 4 is 11.6 Å². The predicted molar refractivity (Wildman–Crippen MR) is 77.8 cm³/mol. The van der Waals surface area contributed by atoms with E-state index in [1.54, 1.807) is 0 Å². The number of hydrogen-bond acceptors (Lipinski definition) is 3. The van der Waals surface area contributed by atoms with E-state index in [1.807, 2.05) is 36.2 Å². The molecule has 1 aromatic carbocycles. The summed E-state index contributed by atoms with van der Waals surface area (Å²) in [6, 6.07) is 7.27. The minimum absolute atomic E-state index is 0.0918. The predicted octanol–water partition coefficient (Wildman–Crippen LogP) is 2.62. The van der Waals surface area contributed by atoms with Gasteiger partial charge < -0.3 is 10.3 Å². The second-order valence-electron chi connectivity index (χ2n) is 5.41. The van der Waals surface area contributed by atoms with Crippen LogP contribution < -0.4 is 11.3 Å². The number of amides is 1. The number of hydrazine groups is 1. The molecule has 1 aromatic rings. The van der Waals surface area contributed by atoms with Crippen molar-refractivity contribution in [3.05, 3.63) is 29.8 Å². The van der Waals surface area contributed by atoms with Gasteiger partial charge >= 0.3 is 0 Å². The van der Waals surface area contributed by atoms with Crippen LogP contribution in [0, 0.1) is 5.92 Å². The molecule has 4 heteroatoms. The molecule has 1 aliphatic carbocycles. The first kappa shape index (κ1) is 13.9. The maximum absolute atomic E-state index is 12.3. The zero-order valence-corrected chi connectivity index (χ0v) is 11.6. The average Bonchev–Trinajstić information content (AvgIpc) is 2.47. The van der Waals surface area contributed by atoms with E-state index in [0.717, 1.165) is 17.8 Å². The van der Waals surface area contributed by atoms with Gasteiger partial charge in [-0.1, -0.05) is 19.3 Å². The first-order valence-electron chi connectivity index (χ1n) is 7.03. The third kappa shape index (κ3) is 3.70. The molecule has 19 heavy (non-hydrogen) atoms. The SMILES string of the molecule is CN(CC1CCCCC1)C(=O)c1ccc(NN)cc1. The average molecular weight is 261 g/mol. The molecule has 1 saturated carbocycles. The van der Waals surface area contributed by atoms with Gasteiger partial charge in [-0.05, 0) is 43.0 Å². The van der Waals surface area contributed by atoms with Crippen LogP contribution in [-0.4, -0.2) is 24.4 Å². The monoisotopic (exact) mass is 261 g/mol. The molecule has 0 aliphatic heterocycles. The zero-order chi connectivity index (χ0) is 13.7. The maximum Gasteiger partial charge on any atom is 0.253 e. The number of nitrogens with zero attached hydrogens (tertiary/aromatic N) is 1. The Morgan fingerprint density at radius 2 is 1.89 bits per heavy atom. The van der Waals surface area contributed by atoms with Crippen LogP contribution in [0.4, 0.5) is 5.69 Å². The molecule has 104 valence electrons. The van der Waals surface area contributed by atoms with Crippen LogP contribution in [-0.2, 0) is 0 Å². The summed E-state index contributed by atoms with van der Waals surface area (Å²) in [7, 11) is 1.89. The number of nitrogen functional groups attached to an aromatic ring is 1. The molecule has 0 spiro atoms. The lowest BCUT2D eigenvalue weighted by Crippen LogP contribution is -2.32. The topological polar surface area (TPSA) is 58.4 Å². The first-order valence-corrected chi connectivity index (χ1v) is 7.03. The highest BCUT2D eigenvalue weighted by atomic mass is 16.2. The van der Waals surface area contributed by atoms with Crippen LogP contribution in [0.3, 0.4) is 0 Å². The largest absolute Gasteiger partial charge is 0.341 e. The van der Waals surface area contributed by atoms with Gasteiger partial charge in [-0.3, -0.25) is 10.6 Å². The summed E-state index contributed by atoms with van der Waals surface area (Å²) < 4.78 is 0. The summed E-state index contributed by atoms with van der Waals surface area (Å²) in [6.07, 6.45) is 6.48. The Morgan fingerprint density at radius 1 is 1.26 bits per heavy atom. The van der Waals surface area contributed by atoms with Crippen LogP contribution >= 0.6 is 0 Å². The summed E-state index contributed by atoms with van der Waals surface area (Å²) >= 11 is 0. The quantitative estimate of drug-likeness (QED) is 0.647. The summed E-state index contributed by atoms with van der Waals surface area (Å²) in [5, 5.41) is 0. The van der Waals surface area contributed by atoms with E-state index >= 15 is 0 Å². The molecule has 2 rings (SSSR count). The second kappa shape index (κ2) is 6.57. The molecule has 1 aliphatic rings. The number of carbonyl (C=O) groups is 1. The molecule has 3 N–H and O–H groups in total. The van der Waals surface area contributed by atoms with Gasteiger partial charge in [-0.15, -0.1) is 0 Å². The van der Waals surface area contributed by atoms with Gasteiger partial charge in [0.15, 0.2) is 0 Å². The zero-order valence-electron chi connectivity index (χ0n) is 11.6. The van der Waals surface area contributed by atoms with E-state index in [-0.39, 0.29) is 5.91 Å². The first-order chi connectivity index (χ1) is 9.20. The maximum atomic E-state index is 12.3. The van der Waals surface area contributed by atoms with E-state index in [2.05, 4.69) is 5.43 Å². The molecule has 0 unspecified atom stereocenters. The molecule has 4 nitrogen and oxygen atoms in total. The highest BCUT2D eigenvalue weighted by Crippen LogP contribution is 2.24. The normalized spacial score (nSPS) is 16.1. The molecule has 1 amide bonds. The van der Waals surface area contributed by atoms with Crippen molar-refractivity contribution in [1.82, 2.24) is 4.90 Å². The molecular formula is C15H23N3O. The van der Waals surface area contributed by atoms with Crippen molar-refractivity contribution in [2.75, 3.05) is 19.0 Å². The van der Waals surface area contributed by atoms with E-state index in [0.29, 0.717) is 5.92 Å². The Balaban J connectivity index is 1.93. The number of carbonyl (C=O) groups excluding carboxylic acids is 1. The molecule has 0 radical (unpaired) electrons. The molecular weight excluding hydrogens is 238 g/mol. The second-order valence-corrected chi connectivity index (χ2v) is 5.41. The lowest BCUT2D eigenvalue weighted by atomic mass is 9.89. The number of anilines is 1. The third-order valence-electron chi connectivity index (χ3n) is 3.90. The van der Waals surface area contributed by atoms with Crippen molar-refractivity contribution in [2.24, 2.45) is 11.8 Å². The molecule has 0 heterocycles. The van der Waals surface area contributed by atoms with Gasteiger partial charge in [0.2, 0.25) is 0 Å². The van der Waals surface area contributed by atoms with Crippen LogP contribution in [0.25, 0.3) is 0 Å². The molecule has 0 aromatic heterocycles. The van der Waals surface area contributed by atoms with Crippen LogP contribution in [0.1, 0.15) is 42.5 Å². The Bertz CT molecular complexity index is 410. The van der Waals surface area contributed by atoms with Gasteiger partial charge in [0.1, 0.15) is 0 Å². The van der Waals surface area contributed by atoms with Crippen LogP contribution in [0.2, 0.25) is 0 Å². The highest BCUT2D eigenvalue weighted by molar-refractivity contribution is 5.94. The van der Waals surface area contributed by atoms with E-state index in [4.69, 9.17) is 5.84 Å². The van der Waals surface area contributed by atoms with Gasteiger partial charge in [0.25, 0.3) is 5.91 Å². The van der Waals surface area contributed by atoms with Crippen molar-refractivity contribution in [1.29, 1.82) is 0 Å². The number of benzene rings is 1. The number of nitrogens with one attached hydrogen (secondary N) is 1. The molecule has 0 bridgehead atoms. The standard InChI is InChI=1S/C15H23N3O/c1-18(11-12-5-3-2-4-6-12)15(19)13-7-9-14(17-16)10-8-13/h7-10,12,17H,2-6,11,16H2,1H3. The Kier molecular flexibility index (Phi) is 4.80. The van der Waals surface area contributed by atoms with E-state index < -0.39 is 0 Å². The number of hydrogen-bond donors (Lipinski definition) is 2. The fourth-order valence-electron chi connectivity index (χ4n) is 2.77. The minimum Gasteiger partial charge on any atom is -0.341 e. The van der Waals surface area contributed by atoms with Crippen LogP contribution in [0.5, 0.6) is 0 Å². The van der Waals surface area contributed by atoms with Gasteiger partial charge in [0.05, 0.1) is 0 Å². The molecule has 1 fully saturated rings. The van der Waals surface area contributed by atoms with Gasteiger partial charge in [0, 0.05) is 24.8 Å². The number of nitrogens with two attached hydrogens (primary N) is 1. The van der Waals surface area contributed by atoms with Gasteiger partial charge in [-0.25, -0.2) is 0 Å².